The molecule has 180 valence electrons. The Morgan fingerprint density at radius 2 is 1.03 bits per heavy atom. The second-order valence-corrected chi connectivity index (χ2v) is 7.80. The Bertz CT molecular complexity index is 1390. The number of hydrogen-bond acceptors (Lipinski definition) is 5. The van der Waals surface area contributed by atoms with E-state index >= 15 is 0 Å². The van der Waals surface area contributed by atoms with Crippen molar-refractivity contribution in [2.24, 2.45) is 0 Å². The number of hydrogen-bond donors (Lipinski definition) is 0. The number of anilines is 1. The topological polar surface area (TPSA) is 91.8 Å². The summed E-state index contributed by atoms with van der Waals surface area (Å²) in [5, 5.41) is 0. The first-order chi connectivity index (χ1) is 15.3. The van der Waals surface area contributed by atoms with Crippen LogP contribution < -0.4 is 4.90 Å². The summed E-state index contributed by atoms with van der Waals surface area (Å²) in [6.45, 7) is 1.91. The van der Waals surface area contributed by atoms with Gasteiger partial charge in [0.2, 0.25) is 0 Å². The molecule has 2 heterocycles. The van der Waals surface area contributed by atoms with E-state index in [1.165, 1.54) is 43.4 Å². The van der Waals surface area contributed by atoms with E-state index in [0.29, 0.717) is 5.69 Å². The van der Waals surface area contributed by atoms with Crippen molar-refractivity contribution < 1.29 is 24.0 Å². The molecule has 0 N–H and O–H groups in total. The summed E-state index contributed by atoms with van der Waals surface area (Å²) in [6, 6.07) is 15.7. The van der Waals surface area contributed by atoms with Gasteiger partial charge in [-0.25, -0.2) is 4.90 Å². The molecule has 0 unspecified atom stereocenters. The van der Waals surface area contributed by atoms with Crippen molar-refractivity contribution in [1.29, 1.82) is 0 Å². The molecule has 0 saturated carbocycles. The highest BCUT2D eigenvalue weighted by atomic mass is 16.2. The van der Waals surface area contributed by atoms with Gasteiger partial charge in [0.05, 0.1) is 27.9 Å². The molecular formula is C28H28N2O5. The van der Waals surface area contributed by atoms with Crippen LogP contribution in [0.3, 0.4) is 0 Å². The number of carbonyl (C=O) groups is 5. The molecule has 2 aliphatic rings. The molecule has 0 spiro atoms. The van der Waals surface area contributed by atoms with E-state index in [1.807, 2.05) is 19.1 Å². The first kappa shape index (κ1) is 26.9. The summed E-state index contributed by atoms with van der Waals surface area (Å²) in [5.41, 5.74) is 2.67. The van der Waals surface area contributed by atoms with Crippen LogP contribution in [0, 0.1) is 6.92 Å². The molecule has 0 fully saturated rings. The Balaban J connectivity index is 0.00000144. The van der Waals surface area contributed by atoms with Gasteiger partial charge in [-0.3, -0.25) is 28.9 Å². The van der Waals surface area contributed by atoms with Crippen molar-refractivity contribution in [3.8, 4) is 0 Å². The molecule has 3 aromatic carbocycles. The smallest absolute Gasteiger partial charge is 0.266 e. The molecule has 0 radical (unpaired) electrons. The predicted molar refractivity (Wildman–Crippen MR) is 135 cm³/mol. The minimum Gasteiger partial charge on any atom is -0.289 e. The minimum absolute atomic E-state index is 0. The Labute approximate surface area is 205 Å². The summed E-state index contributed by atoms with van der Waals surface area (Å²) in [5.74, 6) is -2.25. The van der Waals surface area contributed by atoms with Gasteiger partial charge in [0.15, 0.2) is 5.78 Å². The number of aryl methyl sites for hydroxylation is 1. The van der Waals surface area contributed by atoms with E-state index in [2.05, 4.69) is 0 Å². The number of imide groups is 2. The Morgan fingerprint density at radius 1 is 0.600 bits per heavy atom. The molecule has 0 aliphatic carbocycles. The van der Waals surface area contributed by atoms with E-state index in [9.17, 15) is 24.0 Å². The van der Waals surface area contributed by atoms with Gasteiger partial charge in [-0.1, -0.05) is 52.1 Å². The fraction of sp³-hybridized carbons (Fsp3) is 0.179. The number of nitrogens with zero attached hydrogens (tertiary/aromatic N) is 2. The van der Waals surface area contributed by atoms with Crippen LogP contribution in [-0.4, -0.2) is 41.4 Å². The van der Waals surface area contributed by atoms with Crippen molar-refractivity contribution >= 4 is 35.1 Å². The molecular weight excluding hydrogens is 444 g/mol. The van der Waals surface area contributed by atoms with Crippen LogP contribution in [0.5, 0.6) is 0 Å². The fourth-order valence-electron chi connectivity index (χ4n) is 3.98. The zero-order valence-electron chi connectivity index (χ0n) is 17.2. The SMILES string of the molecule is C.C.C.Cc1ccc(N2C(=O)c3ccc(C(=O)c4ccc5c(c4)C(=O)N(C)C5=O)cc3C2=O)cc1. The van der Waals surface area contributed by atoms with Gasteiger partial charge in [0, 0.05) is 18.2 Å². The van der Waals surface area contributed by atoms with Crippen LogP contribution in [0.2, 0.25) is 0 Å². The number of benzene rings is 3. The summed E-state index contributed by atoms with van der Waals surface area (Å²) in [4.78, 5) is 65.3. The van der Waals surface area contributed by atoms with Gasteiger partial charge in [0.25, 0.3) is 23.6 Å². The maximum absolute atomic E-state index is 13.1. The van der Waals surface area contributed by atoms with Gasteiger partial charge >= 0.3 is 0 Å². The van der Waals surface area contributed by atoms with E-state index in [4.69, 9.17) is 0 Å². The van der Waals surface area contributed by atoms with Gasteiger partial charge in [-0.15, -0.1) is 0 Å². The summed E-state index contributed by atoms with van der Waals surface area (Å²) < 4.78 is 0. The molecule has 7 heteroatoms. The lowest BCUT2D eigenvalue weighted by atomic mass is 9.96. The zero-order chi connectivity index (χ0) is 22.7. The third-order valence-electron chi connectivity index (χ3n) is 5.79. The first-order valence-corrected chi connectivity index (χ1v) is 9.88. The molecule has 3 aromatic rings. The minimum atomic E-state index is -0.500. The maximum Gasteiger partial charge on any atom is 0.266 e. The number of carbonyl (C=O) groups excluding carboxylic acids is 5. The van der Waals surface area contributed by atoms with Crippen LogP contribution in [-0.2, 0) is 0 Å². The standard InChI is InChI=1S/C25H16N2O5.3CH4/c1-13-3-7-16(8-4-13)27-24(31)18-10-6-15(12-20(18)25(27)32)21(28)14-5-9-17-19(11-14)23(30)26(2)22(17)29;;;/h3-12H,1-2H3;3*1H4. The lowest BCUT2D eigenvalue weighted by molar-refractivity contribution is 0.0692. The van der Waals surface area contributed by atoms with E-state index in [0.717, 1.165) is 15.4 Å². The lowest BCUT2D eigenvalue weighted by Gasteiger charge is -2.13. The summed E-state index contributed by atoms with van der Waals surface area (Å²) in [7, 11) is 1.38. The van der Waals surface area contributed by atoms with Crippen LogP contribution in [0.4, 0.5) is 5.69 Å². The van der Waals surface area contributed by atoms with E-state index in [1.54, 1.807) is 12.1 Å². The van der Waals surface area contributed by atoms with Crippen molar-refractivity contribution in [1.82, 2.24) is 4.90 Å². The van der Waals surface area contributed by atoms with Crippen LogP contribution in [0.15, 0.2) is 60.7 Å². The number of ketones is 1. The van der Waals surface area contributed by atoms with Crippen molar-refractivity contribution in [2.45, 2.75) is 29.2 Å². The number of amides is 4. The van der Waals surface area contributed by atoms with Crippen molar-refractivity contribution in [3.63, 3.8) is 0 Å². The zero-order valence-corrected chi connectivity index (χ0v) is 17.2. The second-order valence-electron chi connectivity index (χ2n) is 7.80. The highest BCUT2D eigenvalue weighted by Crippen LogP contribution is 2.30. The maximum atomic E-state index is 13.1. The quantitative estimate of drug-likeness (QED) is 0.388. The van der Waals surface area contributed by atoms with Crippen LogP contribution in [0.1, 0.15) is 85.2 Å². The van der Waals surface area contributed by atoms with Crippen LogP contribution in [0.25, 0.3) is 0 Å². The highest BCUT2D eigenvalue weighted by molar-refractivity contribution is 6.35. The average Bonchev–Trinajstić information content (AvgIpc) is 3.18. The van der Waals surface area contributed by atoms with Gasteiger partial charge in [0.1, 0.15) is 0 Å². The lowest BCUT2D eigenvalue weighted by Crippen LogP contribution is -2.29. The van der Waals surface area contributed by atoms with E-state index in [-0.39, 0.29) is 55.7 Å². The first-order valence-electron chi connectivity index (χ1n) is 9.88. The molecule has 2 aliphatic heterocycles. The van der Waals surface area contributed by atoms with Gasteiger partial charge in [-0.05, 0) is 43.3 Å². The summed E-state index contributed by atoms with van der Waals surface area (Å²) >= 11 is 0. The van der Waals surface area contributed by atoms with Gasteiger partial charge < -0.3 is 0 Å². The molecule has 0 atom stereocenters. The van der Waals surface area contributed by atoms with E-state index < -0.39 is 29.4 Å². The Kier molecular flexibility index (Phi) is 7.26. The summed E-state index contributed by atoms with van der Waals surface area (Å²) in [6.07, 6.45) is 0. The molecule has 0 aromatic heterocycles. The fourth-order valence-corrected chi connectivity index (χ4v) is 3.98. The van der Waals surface area contributed by atoms with Crippen LogP contribution >= 0.6 is 0 Å². The number of fused-ring (bicyclic) bond motifs is 2. The average molecular weight is 473 g/mol. The molecule has 7 nitrogen and oxygen atoms in total. The Morgan fingerprint density at radius 3 is 1.57 bits per heavy atom. The normalized spacial score (nSPS) is 13.5. The molecule has 4 amide bonds. The second kappa shape index (κ2) is 9.46. The predicted octanol–water partition coefficient (Wildman–Crippen LogP) is 5.16. The molecule has 35 heavy (non-hydrogen) atoms. The van der Waals surface area contributed by atoms with Crippen molar-refractivity contribution in [2.75, 3.05) is 11.9 Å². The molecule has 0 bridgehead atoms. The largest absolute Gasteiger partial charge is 0.289 e. The Hall–Kier alpha value is -4.39. The highest BCUT2D eigenvalue weighted by Gasteiger charge is 2.37. The third-order valence-corrected chi connectivity index (χ3v) is 5.79. The third kappa shape index (κ3) is 3.95. The molecule has 5 rings (SSSR count). The number of rotatable bonds is 3. The van der Waals surface area contributed by atoms with Gasteiger partial charge in [-0.2, -0.15) is 0 Å². The van der Waals surface area contributed by atoms with Crippen molar-refractivity contribution in [3.05, 3.63) is 99.6 Å². The monoisotopic (exact) mass is 472 g/mol. The molecule has 0 saturated heterocycles.